The minimum atomic E-state index is -0.412. The molecule has 2 aliphatic rings. The van der Waals surface area contributed by atoms with E-state index in [0.717, 1.165) is 31.5 Å². The van der Waals surface area contributed by atoms with Crippen molar-refractivity contribution in [3.63, 3.8) is 0 Å². The number of aryl methyl sites for hydroxylation is 2. The Labute approximate surface area is 125 Å². The molecule has 0 saturated heterocycles. The first-order chi connectivity index (χ1) is 10.2. The number of aliphatic hydroxyl groups is 1. The first kappa shape index (κ1) is 14.0. The molecule has 0 fully saturated rings. The van der Waals surface area contributed by atoms with Crippen molar-refractivity contribution in [3.8, 4) is 0 Å². The molecule has 2 N–H and O–H groups in total. The summed E-state index contributed by atoms with van der Waals surface area (Å²) in [5.74, 6) is -0.627. The van der Waals surface area contributed by atoms with Crippen LogP contribution in [0.2, 0.25) is 0 Å². The average Bonchev–Trinajstić information content (AvgIpc) is 2.48. The molecule has 0 atom stereocenters. The molecule has 0 radical (unpaired) electrons. The molecule has 0 aromatic heterocycles. The number of aliphatic hydroxyl groups excluding tert-OH is 1. The van der Waals surface area contributed by atoms with Crippen LogP contribution in [0.15, 0.2) is 17.9 Å². The van der Waals surface area contributed by atoms with Crippen LogP contribution in [0.3, 0.4) is 0 Å². The fourth-order valence-electron chi connectivity index (χ4n) is 3.39. The Balaban J connectivity index is 1.95. The highest BCUT2D eigenvalue weighted by atomic mass is 16.3. The quantitative estimate of drug-likeness (QED) is 0.663. The van der Waals surface area contributed by atoms with Gasteiger partial charge in [0.05, 0.1) is 0 Å². The molecule has 0 saturated carbocycles. The Kier molecular flexibility index (Phi) is 3.86. The number of carbonyl (C=O) groups excluding carboxylic acids is 1. The molecule has 1 aromatic carbocycles. The van der Waals surface area contributed by atoms with E-state index in [4.69, 9.17) is 0 Å². The summed E-state index contributed by atoms with van der Waals surface area (Å²) < 4.78 is 0. The monoisotopic (exact) mass is 286 g/mol. The predicted molar refractivity (Wildman–Crippen MR) is 84.6 cm³/mol. The number of benzene rings is 1. The number of rotatable bonds is 3. The Morgan fingerprint density at radius 2 is 1.90 bits per heavy atom. The summed E-state index contributed by atoms with van der Waals surface area (Å²) in [5, 5.41) is 12.5. The molecule has 21 heavy (non-hydrogen) atoms. The second kappa shape index (κ2) is 5.80. The van der Waals surface area contributed by atoms with Gasteiger partial charge in [-0.3, -0.25) is 4.79 Å². The highest BCUT2D eigenvalue weighted by molar-refractivity contribution is 5.95. The normalized spacial score (nSPS) is 17.4. The Morgan fingerprint density at radius 1 is 1.29 bits per heavy atom. The summed E-state index contributed by atoms with van der Waals surface area (Å²) in [6, 6.07) is 4.23. The van der Waals surface area contributed by atoms with E-state index in [1.165, 1.54) is 29.7 Å². The summed E-state index contributed by atoms with van der Waals surface area (Å²) >= 11 is 0. The van der Waals surface area contributed by atoms with E-state index < -0.39 is 5.91 Å². The van der Waals surface area contributed by atoms with Gasteiger partial charge in [-0.05, 0) is 67.5 Å². The number of nitrogens with one attached hydrogen (secondary N) is 1. The third-order valence-corrected chi connectivity index (χ3v) is 4.23. The maximum atomic E-state index is 11.6. The summed E-state index contributed by atoms with van der Waals surface area (Å²) in [6.45, 7) is 4.66. The smallest absolute Gasteiger partial charge is 0.286 e. The van der Waals surface area contributed by atoms with Gasteiger partial charge in [-0.1, -0.05) is 0 Å². The van der Waals surface area contributed by atoms with Crippen LogP contribution in [0.5, 0.6) is 0 Å². The molecule has 0 aliphatic carbocycles. The summed E-state index contributed by atoms with van der Waals surface area (Å²) in [7, 11) is 0. The second-order valence-electron chi connectivity index (χ2n) is 5.77. The maximum absolute atomic E-state index is 11.6. The van der Waals surface area contributed by atoms with Crippen LogP contribution in [0.4, 0.5) is 5.69 Å². The van der Waals surface area contributed by atoms with E-state index in [2.05, 4.69) is 22.3 Å². The first-order valence-electron chi connectivity index (χ1n) is 7.78. The van der Waals surface area contributed by atoms with Crippen molar-refractivity contribution >= 4 is 17.7 Å². The van der Waals surface area contributed by atoms with Crippen molar-refractivity contribution in [2.45, 2.75) is 32.6 Å². The zero-order valence-electron chi connectivity index (χ0n) is 12.5. The summed E-state index contributed by atoms with van der Waals surface area (Å²) in [4.78, 5) is 14.1. The minimum absolute atomic E-state index is 0.215. The number of likely N-dealkylation sites (N-methyl/N-ethyl adjacent to an activating group) is 1. The van der Waals surface area contributed by atoms with Gasteiger partial charge in [-0.25, -0.2) is 0 Å². The molecule has 4 nitrogen and oxygen atoms in total. The Morgan fingerprint density at radius 3 is 2.48 bits per heavy atom. The number of nitrogens with zero attached hydrogens (tertiary/aromatic N) is 1. The summed E-state index contributed by atoms with van der Waals surface area (Å²) in [5.41, 5.74) is 5.04. The Hall–Kier alpha value is -1.97. The van der Waals surface area contributed by atoms with E-state index in [1.807, 2.05) is 6.92 Å². The standard InChI is InChI=1S/C17H22N2O2/c1-2-18-17(21)15(20)11-12-9-13-5-3-7-19-8-4-6-14(10-12)16(13)19/h9-11,20H,2-8H2,1H3,(H,18,21)/b15-11+. The van der Waals surface area contributed by atoms with Crippen molar-refractivity contribution < 1.29 is 9.90 Å². The van der Waals surface area contributed by atoms with Gasteiger partial charge >= 0.3 is 0 Å². The van der Waals surface area contributed by atoms with Crippen LogP contribution in [-0.2, 0) is 17.6 Å². The number of hydrogen-bond acceptors (Lipinski definition) is 3. The van der Waals surface area contributed by atoms with Gasteiger partial charge in [-0.2, -0.15) is 0 Å². The molecule has 2 aliphatic heterocycles. The SMILES string of the molecule is CCNC(=O)/C(O)=C\c1cc2c3c(c1)CCCN3CCC2. The lowest BCUT2D eigenvalue weighted by molar-refractivity contribution is -0.119. The number of carbonyl (C=O) groups is 1. The topological polar surface area (TPSA) is 52.6 Å². The molecule has 4 heteroatoms. The van der Waals surface area contributed by atoms with Crippen molar-refractivity contribution in [3.05, 3.63) is 34.6 Å². The number of hydrogen-bond donors (Lipinski definition) is 2. The lowest BCUT2D eigenvalue weighted by Crippen LogP contribution is -2.34. The Bertz CT molecular complexity index is 561. The van der Waals surface area contributed by atoms with Crippen molar-refractivity contribution in [1.82, 2.24) is 5.32 Å². The molecular weight excluding hydrogens is 264 g/mol. The van der Waals surface area contributed by atoms with Gasteiger partial charge in [0, 0.05) is 25.3 Å². The molecule has 0 spiro atoms. The first-order valence-corrected chi connectivity index (χ1v) is 7.78. The lowest BCUT2D eigenvalue weighted by Gasteiger charge is -2.37. The molecule has 0 unspecified atom stereocenters. The maximum Gasteiger partial charge on any atom is 0.286 e. The zero-order chi connectivity index (χ0) is 14.8. The van der Waals surface area contributed by atoms with Crippen molar-refractivity contribution in [1.29, 1.82) is 0 Å². The van der Waals surface area contributed by atoms with E-state index in [0.29, 0.717) is 6.54 Å². The van der Waals surface area contributed by atoms with Crippen molar-refractivity contribution in [2.75, 3.05) is 24.5 Å². The van der Waals surface area contributed by atoms with E-state index in [-0.39, 0.29) is 5.76 Å². The molecule has 3 rings (SSSR count). The third-order valence-electron chi connectivity index (χ3n) is 4.23. The van der Waals surface area contributed by atoms with Crippen LogP contribution in [0.1, 0.15) is 36.5 Å². The molecule has 112 valence electrons. The van der Waals surface area contributed by atoms with Crippen LogP contribution in [0, 0.1) is 0 Å². The van der Waals surface area contributed by atoms with Crippen molar-refractivity contribution in [2.24, 2.45) is 0 Å². The number of amides is 1. The molecular formula is C17H22N2O2. The average molecular weight is 286 g/mol. The van der Waals surface area contributed by atoms with E-state index in [9.17, 15) is 9.90 Å². The largest absolute Gasteiger partial charge is 0.503 e. The molecule has 2 heterocycles. The van der Waals surface area contributed by atoms with Gasteiger partial charge in [-0.15, -0.1) is 0 Å². The molecule has 1 aromatic rings. The van der Waals surface area contributed by atoms with E-state index in [1.54, 1.807) is 6.08 Å². The third kappa shape index (κ3) is 2.75. The second-order valence-corrected chi connectivity index (χ2v) is 5.77. The molecule has 1 amide bonds. The minimum Gasteiger partial charge on any atom is -0.503 e. The van der Waals surface area contributed by atoms with Crippen LogP contribution >= 0.6 is 0 Å². The highest BCUT2D eigenvalue weighted by Gasteiger charge is 2.24. The predicted octanol–water partition coefficient (Wildman–Crippen LogP) is 2.42. The highest BCUT2D eigenvalue weighted by Crippen LogP contribution is 2.36. The lowest BCUT2D eigenvalue weighted by atomic mass is 9.90. The molecule has 0 bridgehead atoms. The van der Waals surface area contributed by atoms with Gasteiger partial charge in [0.15, 0.2) is 5.76 Å². The fourth-order valence-corrected chi connectivity index (χ4v) is 3.39. The van der Waals surface area contributed by atoms with E-state index >= 15 is 0 Å². The van der Waals surface area contributed by atoms with Crippen LogP contribution in [0.25, 0.3) is 6.08 Å². The fraction of sp³-hybridized carbons (Fsp3) is 0.471. The van der Waals surface area contributed by atoms with Crippen LogP contribution in [-0.4, -0.2) is 30.6 Å². The zero-order valence-corrected chi connectivity index (χ0v) is 12.5. The van der Waals surface area contributed by atoms with Crippen LogP contribution < -0.4 is 10.2 Å². The van der Waals surface area contributed by atoms with Gasteiger partial charge < -0.3 is 15.3 Å². The summed E-state index contributed by atoms with van der Waals surface area (Å²) in [6.07, 6.45) is 6.12. The van der Waals surface area contributed by atoms with Gasteiger partial charge in [0.25, 0.3) is 5.91 Å². The number of anilines is 1. The van der Waals surface area contributed by atoms with Gasteiger partial charge in [0.2, 0.25) is 0 Å². The van der Waals surface area contributed by atoms with Gasteiger partial charge in [0.1, 0.15) is 0 Å².